The molecular weight excluding hydrogens is 340 g/mol. The van der Waals surface area contributed by atoms with E-state index in [4.69, 9.17) is 0 Å². The van der Waals surface area contributed by atoms with Crippen molar-refractivity contribution in [3.8, 4) is 0 Å². The molecule has 1 aliphatic rings. The second-order valence-electron chi connectivity index (χ2n) is 4.53. The van der Waals surface area contributed by atoms with Gasteiger partial charge in [-0.1, -0.05) is 28.1 Å². The van der Waals surface area contributed by atoms with Gasteiger partial charge in [-0.05, 0) is 24.5 Å². The SMILES string of the molecule is O=S(=O)(c1ccccc1N1CCC(CBr)C1)C(F)F. The van der Waals surface area contributed by atoms with Crippen LogP contribution in [0.4, 0.5) is 14.5 Å². The molecule has 1 fully saturated rings. The van der Waals surface area contributed by atoms with E-state index in [1.807, 2.05) is 4.90 Å². The maximum atomic E-state index is 12.7. The molecule has 0 bridgehead atoms. The average molecular weight is 354 g/mol. The minimum atomic E-state index is -4.56. The van der Waals surface area contributed by atoms with E-state index < -0.39 is 15.6 Å². The lowest BCUT2D eigenvalue weighted by Gasteiger charge is -2.21. The molecule has 0 saturated carbocycles. The first-order valence-electron chi connectivity index (χ1n) is 5.89. The van der Waals surface area contributed by atoms with Gasteiger partial charge in [-0.2, -0.15) is 8.78 Å². The van der Waals surface area contributed by atoms with Gasteiger partial charge in [0, 0.05) is 18.4 Å². The van der Waals surface area contributed by atoms with E-state index in [1.54, 1.807) is 12.1 Å². The molecule has 2 rings (SSSR count). The van der Waals surface area contributed by atoms with Gasteiger partial charge in [0.1, 0.15) is 0 Å². The third-order valence-corrected chi connectivity index (χ3v) is 5.59. The Hall–Kier alpha value is -0.690. The summed E-state index contributed by atoms with van der Waals surface area (Å²) in [4.78, 5) is 1.58. The third kappa shape index (κ3) is 2.91. The third-order valence-electron chi connectivity index (χ3n) is 3.25. The second kappa shape index (κ2) is 5.75. The van der Waals surface area contributed by atoms with Crippen molar-refractivity contribution in [1.82, 2.24) is 0 Å². The van der Waals surface area contributed by atoms with Crippen LogP contribution < -0.4 is 4.90 Å². The topological polar surface area (TPSA) is 37.4 Å². The first-order valence-corrected chi connectivity index (χ1v) is 8.55. The number of anilines is 1. The maximum Gasteiger partial charge on any atom is 0.341 e. The van der Waals surface area contributed by atoms with Gasteiger partial charge >= 0.3 is 5.76 Å². The maximum absolute atomic E-state index is 12.7. The van der Waals surface area contributed by atoms with Crippen molar-refractivity contribution in [1.29, 1.82) is 0 Å². The summed E-state index contributed by atoms with van der Waals surface area (Å²) in [6.07, 6.45) is 0.925. The summed E-state index contributed by atoms with van der Waals surface area (Å²) in [7, 11) is -4.56. The number of nitrogens with zero attached hydrogens (tertiary/aromatic N) is 1. The van der Waals surface area contributed by atoms with Gasteiger partial charge < -0.3 is 4.90 Å². The predicted molar refractivity (Wildman–Crippen MR) is 73.7 cm³/mol. The van der Waals surface area contributed by atoms with Crippen LogP contribution in [0.3, 0.4) is 0 Å². The summed E-state index contributed by atoms with van der Waals surface area (Å²) in [6, 6.07) is 5.97. The average Bonchev–Trinajstić information content (AvgIpc) is 2.87. The highest BCUT2D eigenvalue weighted by molar-refractivity contribution is 9.09. The Balaban J connectivity index is 2.38. The summed E-state index contributed by atoms with van der Waals surface area (Å²) >= 11 is 3.39. The van der Waals surface area contributed by atoms with Crippen molar-refractivity contribution in [2.45, 2.75) is 17.1 Å². The molecule has 1 atom stereocenters. The Bertz CT molecular complexity index is 550. The predicted octanol–water partition coefficient (Wildman–Crippen LogP) is 2.90. The van der Waals surface area contributed by atoms with E-state index in [0.717, 1.165) is 11.8 Å². The van der Waals surface area contributed by atoms with Crippen molar-refractivity contribution in [3.05, 3.63) is 24.3 Å². The zero-order chi connectivity index (χ0) is 14.0. The van der Waals surface area contributed by atoms with Gasteiger partial charge in [0.05, 0.1) is 10.6 Å². The fraction of sp³-hybridized carbons (Fsp3) is 0.500. The molecular formula is C12H14BrF2NO2S. The minimum absolute atomic E-state index is 0.278. The molecule has 0 amide bonds. The Labute approximate surface area is 119 Å². The second-order valence-corrected chi connectivity index (χ2v) is 7.06. The van der Waals surface area contributed by atoms with Crippen LogP contribution in [-0.4, -0.2) is 32.6 Å². The standard InChI is InChI=1S/C12H14BrF2NO2S/c13-7-9-5-6-16(8-9)10-3-1-2-4-11(10)19(17,18)12(14)15/h1-4,9,12H,5-8H2. The van der Waals surface area contributed by atoms with Gasteiger partial charge in [0.2, 0.25) is 9.84 Å². The summed E-state index contributed by atoms with van der Waals surface area (Å²) in [6.45, 7) is 1.37. The molecule has 0 N–H and O–H groups in total. The summed E-state index contributed by atoms with van der Waals surface area (Å²) in [5.74, 6) is -2.97. The van der Waals surface area contributed by atoms with Crippen molar-refractivity contribution in [2.75, 3.05) is 23.3 Å². The van der Waals surface area contributed by atoms with Crippen LogP contribution in [0.1, 0.15) is 6.42 Å². The van der Waals surface area contributed by atoms with E-state index in [9.17, 15) is 17.2 Å². The Morgan fingerprint density at radius 1 is 1.37 bits per heavy atom. The van der Waals surface area contributed by atoms with Gasteiger partial charge in [-0.25, -0.2) is 8.42 Å². The van der Waals surface area contributed by atoms with Crippen LogP contribution >= 0.6 is 15.9 Å². The summed E-state index contributed by atoms with van der Waals surface area (Å²) in [5, 5.41) is 0.827. The van der Waals surface area contributed by atoms with Crippen LogP contribution in [0.5, 0.6) is 0 Å². The van der Waals surface area contributed by atoms with E-state index in [2.05, 4.69) is 15.9 Å². The minimum Gasteiger partial charge on any atom is -0.370 e. The molecule has 0 aromatic heterocycles. The monoisotopic (exact) mass is 353 g/mol. The Kier molecular flexibility index (Phi) is 4.45. The molecule has 106 valence electrons. The number of sulfone groups is 1. The van der Waals surface area contributed by atoms with Crippen LogP contribution in [0, 0.1) is 5.92 Å². The van der Waals surface area contributed by atoms with Crippen LogP contribution in [0.25, 0.3) is 0 Å². The van der Waals surface area contributed by atoms with Crippen molar-refractivity contribution in [3.63, 3.8) is 0 Å². The molecule has 3 nitrogen and oxygen atoms in total. The summed E-state index contributed by atoms with van der Waals surface area (Å²) in [5.41, 5.74) is 0.381. The zero-order valence-electron chi connectivity index (χ0n) is 10.1. The van der Waals surface area contributed by atoms with Crippen LogP contribution in [0.15, 0.2) is 29.2 Å². The highest BCUT2D eigenvalue weighted by Gasteiger charge is 2.32. The molecule has 1 unspecified atom stereocenters. The fourth-order valence-electron chi connectivity index (χ4n) is 2.23. The van der Waals surface area contributed by atoms with E-state index in [1.165, 1.54) is 12.1 Å². The fourth-order valence-corrected chi connectivity index (χ4v) is 3.71. The molecule has 1 aliphatic heterocycles. The number of halogens is 3. The zero-order valence-corrected chi connectivity index (χ0v) is 12.5. The molecule has 1 heterocycles. The molecule has 1 saturated heterocycles. The molecule has 0 radical (unpaired) electrons. The van der Waals surface area contributed by atoms with Crippen molar-refractivity contribution < 1.29 is 17.2 Å². The van der Waals surface area contributed by atoms with Crippen LogP contribution in [-0.2, 0) is 9.84 Å². The number of benzene rings is 1. The van der Waals surface area contributed by atoms with Crippen molar-refractivity contribution >= 4 is 31.5 Å². The van der Waals surface area contributed by atoms with Gasteiger partial charge in [-0.3, -0.25) is 0 Å². The normalized spacial score (nSPS) is 20.2. The number of hydrogen-bond acceptors (Lipinski definition) is 3. The highest BCUT2D eigenvalue weighted by atomic mass is 79.9. The quantitative estimate of drug-likeness (QED) is 0.781. The highest BCUT2D eigenvalue weighted by Crippen LogP contribution is 2.32. The van der Waals surface area contributed by atoms with Crippen molar-refractivity contribution in [2.24, 2.45) is 5.92 Å². The van der Waals surface area contributed by atoms with E-state index >= 15 is 0 Å². The molecule has 1 aromatic carbocycles. The lowest BCUT2D eigenvalue weighted by atomic mass is 10.2. The number of hydrogen-bond donors (Lipinski definition) is 0. The van der Waals surface area contributed by atoms with E-state index in [0.29, 0.717) is 24.7 Å². The smallest absolute Gasteiger partial charge is 0.341 e. The first kappa shape index (κ1) is 14.7. The molecule has 1 aromatic rings. The molecule has 0 aliphatic carbocycles. The molecule has 0 spiro atoms. The lowest BCUT2D eigenvalue weighted by molar-refractivity contribution is 0.235. The van der Waals surface area contributed by atoms with Gasteiger partial charge in [0.25, 0.3) is 0 Å². The first-order chi connectivity index (χ1) is 8.96. The molecule has 19 heavy (non-hydrogen) atoms. The number of para-hydroxylation sites is 1. The number of alkyl halides is 3. The van der Waals surface area contributed by atoms with Gasteiger partial charge in [-0.15, -0.1) is 0 Å². The Morgan fingerprint density at radius 2 is 2.05 bits per heavy atom. The summed E-state index contributed by atoms with van der Waals surface area (Å²) < 4.78 is 48.7. The van der Waals surface area contributed by atoms with Gasteiger partial charge in [0.15, 0.2) is 0 Å². The Morgan fingerprint density at radius 3 is 2.63 bits per heavy atom. The van der Waals surface area contributed by atoms with E-state index in [-0.39, 0.29) is 4.90 Å². The lowest BCUT2D eigenvalue weighted by Crippen LogP contribution is -2.23. The number of rotatable bonds is 4. The largest absolute Gasteiger partial charge is 0.370 e. The van der Waals surface area contributed by atoms with Crippen LogP contribution in [0.2, 0.25) is 0 Å². The molecule has 7 heteroatoms.